The number of nitrogens with zero attached hydrogens (tertiary/aromatic N) is 2. The van der Waals surface area contributed by atoms with Crippen molar-refractivity contribution in [1.82, 2.24) is 0 Å². The highest BCUT2D eigenvalue weighted by atomic mass is 32.1. The summed E-state index contributed by atoms with van der Waals surface area (Å²) in [6, 6.07) is 17.5. The first-order chi connectivity index (χ1) is 33.9. The topological polar surface area (TPSA) is 66.9 Å². The number of fused-ring (bicyclic) bond motifs is 5. The molecule has 2 aliphatic heterocycles. The van der Waals surface area contributed by atoms with E-state index in [0.29, 0.717) is 41.6 Å². The molecule has 2 aromatic heterocycles. The van der Waals surface area contributed by atoms with Crippen LogP contribution in [0, 0.1) is 11.8 Å². The molecule has 2 amide bonds. The quantitative estimate of drug-likeness (QED) is 0.0299. The molecule has 0 radical (unpaired) electrons. The third-order valence-corrected chi connectivity index (χ3v) is 17.6. The molecule has 8 heteroatoms. The number of anilines is 2. The highest BCUT2D eigenvalue weighted by Crippen LogP contribution is 2.51. The summed E-state index contributed by atoms with van der Waals surface area (Å²) >= 11 is 3.46. The maximum Gasteiger partial charge on any atom is 0.338 e. The second-order valence-corrected chi connectivity index (χ2v) is 23.7. The zero-order valence-corrected chi connectivity index (χ0v) is 46.1. The summed E-state index contributed by atoms with van der Waals surface area (Å²) < 4.78 is 7.77. The second kappa shape index (κ2) is 24.9. The fourth-order valence-corrected chi connectivity index (χ4v) is 13.5. The number of carbonyl (C=O) groups is 3. The van der Waals surface area contributed by atoms with E-state index in [2.05, 4.69) is 119 Å². The molecule has 4 heterocycles. The zero-order chi connectivity index (χ0) is 50.0. The van der Waals surface area contributed by atoms with Crippen molar-refractivity contribution in [2.75, 3.05) is 30.0 Å². The van der Waals surface area contributed by atoms with Crippen LogP contribution < -0.4 is 9.80 Å². The predicted octanol–water partition coefficient (Wildman–Crippen LogP) is 18.1. The minimum atomic E-state index is -0.275. The highest BCUT2D eigenvalue weighted by Gasteiger charge is 2.43. The van der Waals surface area contributed by atoms with Crippen LogP contribution in [0.4, 0.5) is 11.4 Å². The van der Waals surface area contributed by atoms with Crippen LogP contribution in [-0.2, 0) is 26.2 Å². The molecule has 0 aliphatic carbocycles. The van der Waals surface area contributed by atoms with E-state index in [1.165, 1.54) is 68.7 Å². The van der Waals surface area contributed by atoms with Crippen molar-refractivity contribution in [3.8, 4) is 10.4 Å². The van der Waals surface area contributed by atoms with Crippen LogP contribution in [0.3, 0.4) is 0 Å². The summed E-state index contributed by atoms with van der Waals surface area (Å²) in [6.45, 7) is 19.3. The Labute approximate surface area is 429 Å². The number of esters is 1. The van der Waals surface area contributed by atoms with Crippen LogP contribution in [0.1, 0.15) is 216 Å². The van der Waals surface area contributed by atoms with Gasteiger partial charge in [-0.3, -0.25) is 9.59 Å². The molecule has 0 spiro atoms. The number of carbonyl (C=O) groups excluding carboxylic acids is 3. The van der Waals surface area contributed by atoms with Crippen LogP contribution in [0.5, 0.6) is 0 Å². The molecule has 6 nitrogen and oxygen atoms in total. The van der Waals surface area contributed by atoms with Crippen LogP contribution >= 0.6 is 22.7 Å². The number of benzene rings is 3. The molecule has 0 N–H and O–H groups in total. The lowest BCUT2D eigenvalue weighted by atomic mass is 9.85. The Bertz CT molecular complexity index is 2620. The Morgan fingerprint density at radius 2 is 1.13 bits per heavy atom. The molecular weight excluding hydrogens is 901 g/mol. The van der Waals surface area contributed by atoms with Gasteiger partial charge < -0.3 is 14.5 Å². The van der Waals surface area contributed by atoms with Crippen molar-refractivity contribution >= 4 is 83.2 Å². The molecule has 0 saturated carbocycles. The minimum absolute atomic E-state index is 0.0317. The standard InChI is InChI=1S/C62H84N2O4S2/c1-10-15-20-23-28-42(26-18-13-4)40-63-51-37-44(53-39-50-46(30-25-22-17-12-3)54(61(67)68-9)49-35-36-69-57(49)58(50)70-53)31-33-47(51)55(59(63)65)56-48-34-32-45(62(6,7)8)38-52(48)64(60(56)66)41-43(27-19-14-5)29-24-21-16-11-2/h31-39,42-43H,10-30,40-41H2,1-9H3/b56-55+. The fourth-order valence-electron chi connectivity index (χ4n) is 11.2. The fraction of sp³-hybridized carbons (Fsp3) is 0.565. The molecule has 378 valence electrons. The Hall–Kier alpha value is -4.27. The summed E-state index contributed by atoms with van der Waals surface area (Å²) in [6.07, 6.45) is 23.8. The van der Waals surface area contributed by atoms with Gasteiger partial charge in [0.2, 0.25) is 0 Å². The van der Waals surface area contributed by atoms with Crippen molar-refractivity contribution in [2.45, 2.75) is 196 Å². The Balaban J connectivity index is 1.39. The molecule has 0 saturated heterocycles. The molecule has 2 aliphatic rings. The van der Waals surface area contributed by atoms with E-state index in [1.54, 1.807) is 22.7 Å². The Morgan fingerprint density at radius 3 is 1.67 bits per heavy atom. The molecule has 3 aromatic carbocycles. The van der Waals surface area contributed by atoms with E-state index < -0.39 is 0 Å². The first kappa shape index (κ1) is 53.5. The lowest BCUT2D eigenvalue weighted by molar-refractivity contribution is -0.114. The van der Waals surface area contributed by atoms with E-state index in [4.69, 9.17) is 4.74 Å². The molecular formula is C62H84N2O4S2. The summed E-state index contributed by atoms with van der Waals surface area (Å²) in [5.41, 5.74) is 8.65. The van der Waals surface area contributed by atoms with Crippen LogP contribution in [-0.4, -0.2) is 38.0 Å². The minimum Gasteiger partial charge on any atom is -0.465 e. The maximum absolute atomic E-state index is 15.7. The van der Waals surface area contributed by atoms with Crippen molar-refractivity contribution < 1.29 is 19.1 Å². The molecule has 0 fully saturated rings. The van der Waals surface area contributed by atoms with Gasteiger partial charge in [-0.1, -0.05) is 176 Å². The van der Waals surface area contributed by atoms with Gasteiger partial charge >= 0.3 is 5.97 Å². The third-order valence-electron chi connectivity index (χ3n) is 15.3. The normalized spacial score (nSPS) is 15.7. The van der Waals surface area contributed by atoms with Gasteiger partial charge in [-0.25, -0.2) is 4.79 Å². The number of methoxy groups -OCH3 is 1. The number of aryl methyl sites for hydroxylation is 1. The monoisotopic (exact) mass is 985 g/mol. The first-order valence-electron chi connectivity index (χ1n) is 27.6. The van der Waals surface area contributed by atoms with Gasteiger partial charge in [0.05, 0.1) is 44.6 Å². The average molecular weight is 985 g/mol. The van der Waals surface area contributed by atoms with Gasteiger partial charge in [-0.2, -0.15) is 0 Å². The first-order valence-corrected chi connectivity index (χ1v) is 29.3. The number of ether oxygens (including phenoxy) is 1. The third kappa shape index (κ3) is 11.8. The number of thiophene rings is 2. The Kier molecular flexibility index (Phi) is 19.0. The lowest BCUT2D eigenvalue weighted by Crippen LogP contribution is -2.34. The molecule has 2 unspecified atom stereocenters. The van der Waals surface area contributed by atoms with Gasteiger partial charge in [0.25, 0.3) is 11.8 Å². The van der Waals surface area contributed by atoms with E-state index >= 15 is 9.59 Å². The largest absolute Gasteiger partial charge is 0.465 e. The molecule has 2 atom stereocenters. The zero-order valence-electron chi connectivity index (χ0n) is 44.5. The molecule has 70 heavy (non-hydrogen) atoms. The van der Waals surface area contributed by atoms with Crippen LogP contribution in [0.2, 0.25) is 0 Å². The predicted molar refractivity (Wildman–Crippen MR) is 302 cm³/mol. The van der Waals surface area contributed by atoms with Crippen molar-refractivity contribution in [2.24, 2.45) is 11.8 Å². The van der Waals surface area contributed by atoms with Gasteiger partial charge in [0.1, 0.15) is 0 Å². The number of hydrogen-bond acceptors (Lipinski definition) is 6. The van der Waals surface area contributed by atoms with E-state index in [1.807, 2.05) is 0 Å². The maximum atomic E-state index is 15.7. The van der Waals surface area contributed by atoms with E-state index in [-0.39, 0.29) is 23.2 Å². The van der Waals surface area contributed by atoms with E-state index in [9.17, 15) is 4.79 Å². The van der Waals surface area contributed by atoms with Gasteiger partial charge in [-0.05, 0) is 107 Å². The van der Waals surface area contributed by atoms with Crippen LogP contribution in [0.25, 0.3) is 41.8 Å². The highest BCUT2D eigenvalue weighted by molar-refractivity contribution is 7.28. The van der Waals surface area contributed by atoms with Gasteiger partial charge in [0.15, 0.2) is 0 Å². The van der Waals surface area contributed by atoms with Crippen molar-refractivity contribution in [1.29, 1.82) is 0 Å². The SMILES string of the molecule is CCCCCCc1c(C(=O)OC)c2ccsc2c2sc(-c3ccc4c(c3)N(CC(CCCC)CCCCCC)C(=O)/C4=C3/C(=O)N(CC(CCCC)CCCCCC)c4cc(C(C)(C)C)ccc43)cc12. The molecule has 7 rings (SSSR count). The second-order valence-electron chi connectivity index (χ2n) is 21.7. The van der Waals surface area contributed by atoms with Gasteiger partial charge in [-0.15, -0.1) is 22.7 Å². The van der Waals surface area contributed by atoms with Crippen LogP contribution in [0.15, 0.2) is 53.9 Å². The number of hydrogen-bond donors (Lipinski definition) is 0. The smallest absolute Gasteiger partial charge is 0.338 e. The number of unbranched alkanes of at least 4 members (excludes halogenated alkanes) is 11. The Morgan fingerprint density at radius 1 is 0.600 bits per heavy atom. The number of rotatable bonds is 27. The summed E-state index contributed by atoms with van der Waals surface area (Å²) in [5.74, 6) is 0.397. The van der Waals surface area contributed by atoms with Crippen molar-refractivity contribution in [3.05, 3.63) is 81.7 Å². The summed E-state index contributed by atoms with van der Waals surface area (Å²) in [4.78, 5) is 50.0. The lowest BCUT2D eigenvalue weighted by Gasteiger charge is -2.26. The summed E-state index contributed by atoms with van der Waals surface area (Å²) in [7, 11) is 1.49. The number of amides is 2. The van der Waals surface area contributed by atoms with E-state index in [0.717, 1.165) is 137 Å². The van der Waals surface area contributed by atoms with Gasteiger partial charge in [0, 0.05) is 34.5 Å². The van der Waals surface area contributed by atoms with Crippen molar-refractivity contribution in [3.63, 3.8) is 0 Å². The molecule has 5 aromatic rings. The summed E-state index contributed by atoms with van der Waals surface area (Å²) in [5, 5.41) is 4.19. The molecule has 0 bridgehead atoms. The average Bonchev–Trinajstić information content (AvgIpc) is 4.13.